The van der Waals surface area contributed by atoms with Crippen molar-refractivity contribution in [3.05, 3.63) is 35.4 Å². The van der Waals surface area contributed by atoms with Gasteiger partial charge in [-0.3, -0.25) is 4.90 Å². The number of hydrogen-bond acceptors (Lipinski definition) is 2. The van der Waals surface area contributed by atoms with Crippen LogP contribution in [0.4, 0.5) is 8.78 Å². The van der Waals surface area contributed by atoms with Gasteiger partial charge in [-0.25, -0.2) is 8.78 Å². The second-order valence-corrected chi connectivity index (χ2v) is 4.39. The Balaban J connectivity index is 0.00000144. The van der Waals surface area contributed by atoms with Crippen LogP contribution in [0.3, 0.4) is 0 Å². The quantitative estimate of drug-likeness (QED) is 0.886. The van der Waals surface area contributed by atoms with Gasteiger partial charge < -0.3 is 5.73 Å². The van der Waals surface area contributed by atoms with E-state index < -0.39 is 11.6 Å². The zero-order valence-electron chi connectivity index (χ0n) is 9.53. The highest BCUT2D eigenvalue weighted by Gasteiger charge is 2.16. The number of halogens is 3. The lowest BCUT2D eigenvalue weighted by Gasteiger charge is -2.30. The first-order valence-electron chi connectivity index (χ1n) is 5.57. The molecule has 0 amide bonds. The molecule has 1 unspecified atom stereocenters. The summed E-state index contributed by atoms with van der Waals surface area (Å²) in [5.74, 6) is -1.57. The van der Waals surface area contributed by atoms with Gasteiger partial charge in [0.1, 0.15) is 0 Å². The molecule has 0 aliphatic carbocycles. The first-order chi connectivity index (χ1) is 7.65. The largest absolute Gasteiger partial charge is 0.327 e. The van der Waals surface area contributed by atoms with Crippen molar-refractivity contribution in [1.82, 2.24) is 4.90 Å². The molecule has 96 valence electrons. The average Bonchev–Trinajstić information content (AvgIpc) is 2.24. The lowest BCUT2D eigenvalue weighted by molar-refractivity contribution is 0.201. The van der Waals surface area contributed by atoms with Crippen LogP contribution in [0.5, 0.6) is 0 Å². The first-order valence-corrected chi connectivity index (χ1v) is 5.57. The molecule has 0 saturated carbocycles. The van der Waals surface area contributed by atoms with Gasteiger partial charge in [-0.2, -0.15) is 0 Å². The third kappa shape index (κ3) is 3.91. The summed E-state index contributed by atoms with van der Waals surface area (Å²) in [5.41, 5.74) is 6.66. The molecule has 2 rings (SSSR count). The third-order valence-corrected chi connectivity index (χ3v) is 2.93. The number of nitrogens with two attached hydrogens (primary N) is 1. The van der Waals surface area contributed by atoms with Crippen molar-refractivity contribution in [2.45, 2.75) is 25.4 Å². The second-order valence-electron chi connectivity index (χ2n) is 4.39. The average molecular weight is 263 g/mol. The van der Waals surface area contributed by atoms with Gasteiger partial charge in [0.25, 0.3) is 0 Å². The highest BCUT2D eigenvalue weighted by Crippen LogP contribution is 2.14. The fourth-order valence-electron chi connectivity index (χ4n) is 2.13. The van der Waals surface area contributed by atoms with Crippen LogP contribution in [-0.2, 0) is 6.54 Å². The van der Waals surface area contributed by atoms with Gasteiger partial charge in [0.15, 0.2) is 11.6 Å². The Bertz CT molecular complexity index is 374. The molecule has 1 aliphatic heterocycles. The van der Waals surface area contributed by atoms with Crippen LogP contribution in [0.2, 0.25) is 0 Å². The van der Waals surface area contributed by atoms with Crippen molar-refractivity contribution in [2.24, 2.45) is 5.73 Å². The van der Waals surface area contributed by atoms with E-state index in [4.69, 9.17) is 5.73 Å². The Hall–Kier alpha value is -0.710. The standard InChI is InChI=1S/C12H16F2N2.ClH/c13-11-4-3-9(6-12(11)14)7-16-5-1-2-10(15)8-16;/h3-4,6,10H,1-2,5,7-8,15H2;1H. The van der Waals surface area contributed by atoms with Crippen molar-refractivity contribution in [2.75, 3.05) is 13.1 Å². The summed E-state index contributed by atoms with van der Waals surface area (Å²) < 4.78 is 25.7. The Kier molecular flexibility index (Phi) is 5.31. The molecule has 1 aliphatic rings. The number of piperidine rings is 1. The SMILES string of the molecule is Cl.NC1CCCN(Cc2ccc(F)c(F)c2)C1. The van der Waals surface area contributed by atoms with E-state index >= 15 is 0 Å². The number of hydrogen-bond donors (Lipinski definition) is 1. The Morgan fingerprint density at radius 1 is 1.29 bits per heavy atom. The highest BCUT2D eigenvalue weighted by molar-refractivity contribution is 5.85. The predicted octanol–water partition coefficient (Wildman–Crippen LogP) is 2.31. The number of rotatable bonds is 2. The van der Waals surface area contributed by atoms with E-state index in [1.165, 1.54) is 12.1 Å². The molecule has 17 heavy (non-hydrogen) atoms. The van der Waals surface area contributed by atoms with E-state index in [0.29, 0.717) is 6.54 Å². The van der Waals surface area contributed by atoms with Gasteiger partial charge >= 0.3 is 0 Å². The summed E-state index contributed by atoms with van der Waals surface area (Å²) >= 11 is 0. The van der Waals surface area contributed by atoms with E-state index in [0.717, 1.165) is 31.5 Å². The van der Waals surface area contributed by atoms with Crippen molar-refractivity contribution in [1.29, 1.82) is 0 Å². The molecule has 0 aromatic heterocycles. The fraction of sp³-hybridized carbons (Fsp3) is 0.500. The molecule has 1 aromatic rings. The summed E-state index contributed by atoms with van der Waals surface area (Å²) in [7, 11) is 0. The lowest BCUT2D eigenvalue weighted by Crippen LogP contribution is -2.42. The lowest BCUT2D eigenvalue weighted by atomic mass is 10.1. The molecule has 1 fully saturated rings. The van der Waals surface area contributed by atoms with E-state index in [9.17, 15) is 8.78 Å². The maximum atomic E-state index is 13.0. The fourth-order valence-corrected chi connectivity index (χ4v) is 2.13. The monoisotopic (exact) mass is 262 g/mol. The van der Waals surface area contributed by atoms with Crippen LogP contribution in [-0.4, -0.2) is 24.0 Å². The van der Waals surface area contributed by atoms with Gasteiger partial charge in [0.2, 0.25) is 0 Å². The molecule has 1 saturated heterocycles. The molecule has 0 bridgehead atoms. The molecule has 1 heterocycles. The summed E-state index contributed by atoms with van der Waals surface area (Å²) in [6, 6.07) is 4.27. The zero-order chi connectivity index (χ0) is 11.5. The van der Waals surface area contributed by atoms with Gasteiger partial charge in [0.05, 0.1) is 0 Å². The minimum absolute atomic E-state index is 0. The van der Waals surface area contributed by atoms with Crippen molar-refractivity contribution < 1.29 is 8.78 Å². The van der Waals surface area contributed by atoms with Crippen molar-refractivity contribution in [3.63, 3.8) is 0 Å². The van der Waals surface area contributed by atoms with E-state index in [1.807, 2.05) is 0 Å². The molecule has 2 N–H and O–H groups in total. The minimum Gasteiger partial charge on any atom is -0.327 e. The van der Waals surface area contributed by atoms with E-state index in [-0.39, 0.29) is 18.4 Å². The molecule has 0 radical (unpaired) electrons. The number of nitrogens with zero attached hydrogens (tertiary/aromatic N) is 1. The van der Waals surface area contributed by atoms with Crippen LogP contribution < -0.4 is 5.73 Å². The molecule has 1 atom stereocenters. The maximum Gasteiger partial charge on any atom is 0.159 e. The smallest absolute Gasteiger partial charge is 0.159 e. The summed E-state index contributed by atoms with van der Waals surface area (Å²) in [6.45, 7) is 2.45. The third-order valence-electron chi connectivity index (χ3n) is 2.93. The van der Waals surface area contributed by atoms with Crippen LogP contribution in [0.1, 0.15) is 18.4 Å². The van der Waals surface area contributed by atoms with Crippen molar-refractivity contribution in [3.8, 4) is 0 Å². The van der Waals surface area contributed by atoms with E-state index in [2.05, 4.69) is 4.90 Å². The molecule has 0 spiro atoms. The topological polar surface area (TPSA) is 29.3 Å². The van der Waals surface area contributed by atoms with Gasteiger partial charge in [0, 0.05) is 19.1 Å². The normalized spacial score (nSPS) is 21.0. The zero-order valence-corrected chi connectivity index (χ0v) is 10.4. The van der Waals surface area contributed by atoms with Crippen LogP contribution in [0.15, 0.2) is 18.2 Å². The Labute approximate surface area is 106 Å². The van der Waals surface area contributed by atoms with Gasteiger partial charge in [-0.05, 0) is 37.1 Å². The van der Waals surface area contributed by atoms with Crippen LogP contribution >= 0.6 is 12.4 Å². The van der Waals surface area contributed by atoms with E-state index in [1.54, 1.807) is 6.07 Å². The predicted molar refractivity (Wildman–Crippen MR) is 66.1 cm³/mol. The maximum absolute atomic E-state index is 13.0. The van der Waals surface area contributed by atoms with Gasteiger partial charge in [-0.1, -0.05) is 6.07 Å². The molecule has 5 heteroatoms. The number of likely N-dealkylation sites (tertiary alicyclic amines) is 1. The first kappa shape index (κ1) is 14.4. The second kappa shape index (κ2) is 6.28. The van der Waals surface area contributed by atoms with Crippen LogP contribution in [0.25, 0.3) is 0 Å². The molecule has 2 nitrogen and oxygen atoms in total. The summed E-state index contributed by atoms with van der Waals surface area (Å²) in [4.78, 5) is 2.18. The molecule has 1 aromatic carbocycles. The Morgan fingerprint density at radius 2 is 2.06 bits per heavy atom. The van der Waals surface area contributed by atoms with Crippen LogP contribution in [0, 0.1) is 11.6 Å². The Morgan fingerprint density at radius 3 is 2.71 bits per heavy atom. The molecular weight excluding hydrogens is 246 g/mol. The highest BCUT2D eigenvalue weighted by atomic mass is 35.5. The summed E-state index contributed by atoms with van der Waals surface area (Å²) in [5, 5.41) is 0. The summed E-state index contributed by atoms with van der Waals surface area (Å²) in [6.07, 6.45) is 2.12. The van der Waals surface area contributed by atoms with Crippen molar-refractivity contribution >= 4 is 12.4 Å². The minimum atomic E-state index is -0.793. The van der Waals surface area contributed by atoms with Gasteiger partial charge in [-0.15, -0.1) is 12.4 Å². The molecular formula is C12H17ClF2N2. The number of benzene rings is 1.